The summed E-state index contributed by atoms with van der Waals surface area (Å²) in [6.07, 6.45) is -8.18. The number of fused-ring (bicyclic) bond motifs is 2. The normalized spacial score (nSPS) is 24.3. The SMILES string of the molecule is O=c1ccc2ccc(-c3cc4cc(O)c(O[C@@H]5O[C@H](CO)[C@@H](O)[C@H](O)[C@H]5O)c(O)c4oc3=O)cc2o1. The van der Waals surface area contributed by atoms with Crippen molar-refractivity contribution in [3.8, 4) is 28.4 Å². The standard InChI is InChI=1S/C24H20O12/c25-8-15-17(28)18(29)19(30)24(34-15)36-22-13(26)6-11-5-12(23(32)35-21(11)20(22)31)10-2-1-9-3-4-16(27)33-14(9)7-10/h1-7,15,17-19,24-26,28-31H,8H2/t15-,17-,18+,19-,24+/m1/s1. The molecule has 0 bridgehead atoms. The molecule has 6 N–H and O–H groups in total. The van der Waals surface area contributed by atoms with Crippen LogP contribution in [0.15, 0.2) is 60.9 Å². The summed E-state index contributed by atoms with van der Waals surface area (Å²) in [5.41, 5.74) is -1.13. The highest BCUT2D eigenvalue weighted by Gasteiger charge is 2.45. The fourth-order valence-electron chi connectivity index (χ4n) is 4.04. The molecule has 5 atom stereocenters. The first kappa shape index (κ1) is 23.8. The number of ether oxygens (including phenoxy) is 2. The lowest BCUT2D eigenvalue weighted by molar-refractivity contribution is -0.277. The van der Waals surface area contributed by atoms with Crippen LogP contribution in [-0.2, 0) is 4.74 Å². The first-order valence-electron chi connectivity index (χ1n) is 10.7. The Balaban J connectivity index is 1.55. The third kappa shape index (κ3) is 3.96. The average Bonchev–Trinajstić information content (AvgIpc) is 2.86. The summed E-state index contributed by atoms with van der Waals surface area (Å²) in [6.45, 7) is -0.712. The molecule has 1 aliphatic heterocycles. The Morgan fingerprint density at radius 3 is 2.36 bits per heavy atom. The Morgan fingerprint density at radius 1 is 0.861 bits per heavy atom. The molecule has 12 heteroatoms. The summed E-state index contributed by atoms with van der Waals surface area (Å²) in [4.78, 5) is 24.3. The van der Waals surface area contributed by atoms with Crippen LogP contribution in [0, 0.1) is 0 Å². The van der Waals surface area contributed by atoms with E-state index in [-0.39, 0.29) is 22.1 Å². The van der Waals surface area contributed by atoms with E-state index in [9.17, 15) is 40.2 Å². The van der Waals surface area contributed by atoms with Crippen LogP contribution >= 0.6 is 0 Å². The highest BCUT2D eigenvalue weighted by Crippen LogP contribution is 2.44. The van der Waals surface area contributed by atoms with Crippen LogP contribution in [0.5, 0.6) is 17.2 Å². The van der Waals surface area contributed by atoms with Gasteiger partial charge in [-0.3, -0.25) is 0 Å². The lowest BCUT2D eigenvalue weighted by Gasteiger charge is -2.39. The van der Waals surface area contributed by atoms with Crippen molar-refractivity contribution in [2.75, 3.05) is 6.61 Å². The minimum absolute atomic E-state index is 0.0531. The van der Waals surface area contributed by atoms with Gasteiger partial charge in [0, 0.05) is 16.8 Å². The summed E-state index contributed by atoms with van der Waals surface area (Å²) in [6, 6.07) is 10.0. The van der Waals surface area contributed by atoms with E-state index in [2.05, 4.69) is 0 Å². The molecule has 0 aliphatic carbocycles. The predicted molar refractivity (Wildman–Crippen MR) is 122 cm³/mol. The molecule has 1 aliphatic rings. The van der Waals surface area contributed by atoms with Gasteiger partial charge in [0.2, 0.25) is 17.8 Å². The van der Waals surface area contributed by atoms with Crippen molar-refractivity contribution < 1.29 is 48.9 Å². The van der Waals surface area contributed by atoms with Crippen molar-refractivity contribution in [1.29, 1.82) is 0 Å². The number of hydrogen-bond acceptors (Lipinski definition) is 12. The van der Waals surface area contributed by atoms with Crippen LogP contribution in [0.3, 0.4) is 0 Å². The highest BCUT2D eigenvalue weighted by atomic mass is 16.7. The van der Waals surface area contributed by atoms with Gasteiger partial charge in [0.05, 0.1) is 12.2 Å². The zero-order valence-electron chi connectivity index (χ0n) is 18.3. The Bertz CT molecular complexity index is 1570. The van der Waals surface area contributed by atoms with Gasteiger partial charge in [-0.05, 0) is 29.8 Å². The molecule has 0 radical (unpaired) electrons. The maximum Gasteiger partial charge on any atom is 0.344 e. The number of rotatable bonds is 4. The third-order valence-electron chi connectivity index (χ3n) is 5.95. The number of aliphatic hydroxyl groups excluding tert-OH is 4. The number of phenols is 2. The summed E-state index contributed by atoms with van der Waals surface area (Å²) >= 11 is 0. The van der Waals surface area contributed by atoms with Crippen LogP contribution in [-0.4, -0.2) is 68.0 Å². The fourth-order valence-corrected chi connectivity index (χ4v) is 4.04. The quantitative estimate of drug-likeness (QED) is 0.208. The zero-order valence-corrected chi connectivity index (χ0v) is 18.3. The molecule has 2 aromatic heterocycles. The number of aliphatic hydroxyl groups is 4. The maximum absolute atomic E-state index is 12.8. The summed E-state index contributed by atoms with van der Waals surface area (Å²) in [5.74, 6) is -2.05. The molecule has 4 aromatic rings. The monoisotopic (exact) mass is 500 g/mol. The minimum Gasteiger partial charge on any atom is -0.504 e. The largest absolute Gasteiger partial charge is 0.504 e. The van der Waals surface area contributed by atoms with E-state index < -0.39 is 65.8 Å². The van der Waals surface area contributed by atoms with Crippen molar-refractivity contribution in [2.45, 2.75) is 30.7 Å². The van der Waals surface area contributed by atoms with Gasteiger partial charge in [-0.1, -0.05) is 12.1 Å². The Labute approximate surface area is 200 Å². The van der Waals surface area contributed by atoms with Crippen molar-refractivity contribution in [2.24, 2.45) is 0 Å². The van der Waals surface area contributed by atoms with E-state index in [4.69, 9.17) is 18.3 Å². The molecule has 12 nitrogen and oxygen atoms in total. The molecule has 2 aromatic carbocycles. The van der Waals surface area contributed by atoms with Crippen molar-refractivity contribution in [3.63, 3.8) is 0 Å². The second-order valence-corrected chi connectivity index (χ2v) is 8.26. The molecule has 0 amide bonds. The van der Waals surface area contributed by atoms with Gasteiger partial charge < -0.3 is 48.9 Å². The zero-order chi connectivity index (χ0) is 25.7. The smallest absolute Gasteiger partial charge is 0.344 e. The molecule has 188 valence electrons. The Morgan fingerprint density at radius 2 is 1.61 bits per heavy atom. The van der Waals surface area contributed by atoms with Crippen LogP contribution in [0.1, 0.15) is 0 Å². The molecule has 0 saturated carbocycles. The van der Waals surface area contributed by atoms with Gasteiger partial charge in [0.1, 0.15) is 30.0 Å². The molecule has 3 heterocycles. The van der Waals surface area contributed by atoms with Gasteiger partial charge in [-0.2, -0.15) is 0 Å². The van der Waals surface area contributed by atoms with E-state index in [1.54, 1.807) is 18.2 Å². The van der Waals surface area contributed by atoms with E-state index in [0.717, 1.165) is 6.07 Å². The molecular weight excluding hydrogens is 480 g/mol. The van der Waals surface area contributed by atoms with Gasteiger partial charge in [-0.15, -0.1) is 0 Å². The van der Waals surface area contributed by atoms with Gasteiger partial charge in [-0.25, -0.2) is 9.59 Å². The van der Waals surface area contributed by atoms with Crippen molar-refractivity contribution in [3.05, 3.63) is 63.3 Å². The Hall–Kier alpha value is -3.94. The first-order chi connectivity index (χ1) is 17.2. The van der Waals surface area contributed by atoms with Crippen molar-refractivity contribution >= 4 is 21.9 Å². The van der Waals surface area contributed by atoms with Crippen LogP contribution in [0.4, 0.5) is 0 Å². The number of aromatic hydroxyl groups is 2. The van der Waals surface area contributed by atoms with E-state index in [1.165, 1.54) is 18.2 Å². The van der Waals surface area contributed by atoms with Gasteiger partial charge in [0.15, 0.2) is 11.3 Å². The lowest BCUT2D eigenvalue weighted by atomic mass is 9.99. The molecule has 0 unspecified atom stereocenters. The molecule has 36 heavy (non-hydrogen) atoms. The predicted octanol–water partition coefficient (Wildman–Crippen LogP) is 0.156. The second kappa shape index (κ2) is 8.93. The molecule has 1 saturated heterocycles. The molecular formula is C24H20O12. The van der Waals surface area contributed by atoms with Gasteiger partial charge in [0.25, 0.3) is 0 Å². The fraction of sp³-hybridized carbons (Fsp3) is 0.250. The van der Waals surface area contributed by atoms with Crippen LogP contribution in [0.2, 0.25) is 0 Å². The minimum atomic E-state index is -1.81. The second-order valence-electron chi connectivity index (χ2n) is 8.26. The van der Waals surface area contributed by atoms with Crippen molar-refractivity contribution in [1.82, 2.24) is 0 Å². The molecule has 5 rings (SSSR count). The average molecular weight is 500 g/mol. The van der Waals surface area contributed by atoms with Crippen LogP contribution in [0.25, 0.3) is 33.1 Å². The van der Waals surface area contributed by atoms with Crippen LogP contribution < -0.4 is 16.0 Å². The highest BCUT2D eigenvalue weighted by molar-refractivity contribution is 5.91. The summed E-state index contributed by atoms with van der Waals surface area (Å²) < 4.78 is 21.0. The van der Waals surface area contributed by atoms with E-state index in [0.29, 0.717) is 10.9 Å². The number of phenolic OH excluding ortho intramolecular Hbond substituents is 2. The molecule has 0 spiro atoms. The number of benzene rings is 2. The third-order valence-corrected chi connectivity index (χ3v) is 5.95. The van der Waals surface area contributed by atoms with Gasteiger partial charge >= 0.3 is 11.3 Å². The summed E-state index contributed by atoms with van der Waals surface area (Å²) in [5, 5.41) is 61.2. The topological polar surface area (TPSA) is 200 Å². The summed E-state index contributed by atoms with van der Waals surface area (Å²) in [7, 11) is 0. The maximum atomic E-state index is 12.8. The first-order valence-corrected chi connectivity index (χ1v) is 10.7. The van der Waals surface area contributed by atoms with E-state index >= 15 is 0 Å². The number of hydrogen-bond donors (Lipinski definition) is 6. The lowest BCUT2D eigenvalue weighted by Crippen LogP contribution is -2.60. The van der Waals surface area contributed by atoms with E-state index in [1.807, 2.05) is 0 Å². The molecule has 1 fully saturated rings. The Kier molecular flexibility index (Phi) is 5.90.